The molecule has 2 aliphatic rings. The SMILES string of the molecule is C/C(=C\C(=O)N1CCC[C@@H](C(=O)O)C1)C1CCN(C(=O)OC(C)(C)C)CC1. The highest BCUT2D eigenvalue weighted by Gasteiger charge is 2.29. The van der Waals surface area contributed by atoms with E-state index >= 15 is 0 Å². The maximum Gasteiger partial charge on any atom is 0.410 e. The van der Waals surface area contributed by atoms with Crippen molar-refractivity contribution in [2.75, 3.05) is 26.2 Å². The Hall–Kier alpha value is -2.05. The summed E-state index contributed by atoms with van der Waals surface area (Å²) < 4.78 is 5.41. The van der Waals surface area contributed by atoms with Crippen LogP contribution >= 0.6 is 0 Å². The van der Waals surface area contributed by atoms with Gasteiger partial charge >= 0.3 is 12.1 Å². The molecule has 2 rings (SSSR count). The highest BCUT2D eigenvalue weighted by atomic mass is 16.6. The zero-order valence-corrected chi connectivity index (χ0v) is 16.9. The number of allylic oxidation sites excluding steroid dienone is 1. The van der Waals surface area contributed by atoms with Gasteiger partial charge in [0.1, 0.15) is 5.60 Å². The third kappa shape index (κ3) is 6.26. The molecule has 7 heteroatoms. The molecule has 0 aromatic heterocycles. The molecule has 0 saturated carbocycles. The summed E-state index contributed by atoms with van der Waals surface area (Å²) in [6.45, 7) is 9.64. The number of carbonyl (C=O) groups is 3. The molecule has 152 valence electrons. The number of aliphatic carboxylic acids is 1. The maximum atomic E-state index is 12.5. The molecule has 2 fully saturated rings. The minimum Gasteiger partial charge on any atom is -0.481 e. The lowest BCUT2D eigenvalue weighted by molar-refractivity contribution is -0.144. The minimum absolute atomic E-state index is 0.104. The number of nitrogens with zero attached hydrogens (tertiary/aromatic N) is 2. The maximum absolute atomic E-state index is 12.5. The highest BCUT2D eigenvalue weighted by molar-refractivity contribution is 5.88. The van der Waals surface area contributed by atoms with E-state index in [0.29, 0.717) is 26.1 Å². The van der Waals surface area contributed by atoms with E-state index in [-0.39, 0.29) is 24.5 Å². The molecule has 2 saturated heterocycles. The van der Waals surface area contributed by atoms with Crippen molar-refractivity contribution in [1.29, 1.82) is 0 Å². The lowest BCUT2D eigenvalue weighted by Crippen LogP contribution is -2.42. The normalized spacial score (nSPS) is 22.5. The first kappa shape index (κ1) is 21.3. The second-order valence-corrected chi connectivity index (χ2v) is 8.59. The Kier molecular flexibility index (Phi) is 6.89. The van der Waals surface area contributed by atoms with Gasteiger partial charge in [-0.3, -0.25) is 9.59 Å². The Labute approximate surface area is 161 Å². The summed E-state index contributed by atoms with van der Waals surface area (Å²) in [6.07, 6.45) is 4.32. The van der Waals surface area contributed by atoms with E-state index in [1.54, 1.807) is 15.9 Å². The molecule has 2 heterocycles. The first-order chi connectivity index (χ1) is 12.6. The Morgan fingerprint density at radius 1 is 1.00 bits per heavy atom. The number of carboxylic acids is 1. The lowest BCUT2D eigenvalue weighted by Gasteiger charge is -2.34. The van der Waals surface area contributed by atoms with E-state index in [9.17, 15) is 14.4 Å². The van der Waals surface area contributed by atoms with Crippen molar-refractivity contribution in [2.45, 2.75) is 59.0 Å². The largest absolute Gasteiger partial charge is 0.481 e. The Bertz CT molecular complexity index is 600. The average Bonchev–Trinajstić information content (AvgIpc) is 2.60. The van der Waals surface area contributed by atoms with Gasteiger partial charge < -0.3 is 19.6 Å². The quantitative estimate of drug-likeness (QED) is 0.761. The third-order valence-electron chi connectivity index (χ3n) is 5.22. The van der Waals surface area contributed by atoms with Crippen LogP contribution in [-0.2, 0) is 14.3 Å². The second-order valence-electron chi connectivity index (χ2n) is 8.59. The van der Waals surface area contributed by atoms with Crippen molar-refractivity contribution in [1.82, 2.24) is 9.80 Å². The fraction of sp³-hybridized carbons (Fsp3) is 0.750. The molecule has 0 radical (unpaired) electrons. The molecule has 0 unspecified atom stereocenters. The third-order valence-corrected chi connectivity index (χ3v) is 5.22. The van der Waals surface area contributed by atoms with Gasteiger partial charge in [-0.05, 0) is 59.3 Å². The van der Waals surface area contributed by atoms with Crippen molar-refractivity contribution >= 4 is 18.0 Å². The number of ether oxygens (including phenoxy) is 1. The van der Waals surface area contributed by atoms with Gasteiger partial charge in [-0.2, -0.15) is 0 Å². The summed E-state index contributed by atoms with van der Waals surface area (Å²) in [5.74, 6) is -1.14. The van der Waals surface area contributed by atoms with Gasteiger partial charge in [0, 0.05) is 32.3 Å². The number of hydrogen-bond donors (Lipinski definition) is 1. The molecule has 0 aromatic rings. The van der Waals surface area contributed by atoms with E-state index in [2.05, 4.69) is 0 Å². The zero-order chi connectivity index (χ0) is 20.2. The molecule has 0 bridgehead atoms. The Balaban J connectivity index is 1.87. The van der Waals surface area contributed by atoms with Gasteiger partial charge in [-0.15, -0.1) is 0 Å². The first-order valence-electron chi connectivity index (χ1n) is 9.74. The van der Waals surface area contributed by atoms with Crippen LogP contribution in [0.4, 0.5) is 4.79 Å². The second kappa shape index (κ2) is 8.76. The molecule has 1 atom stereocenters. The molecular formula is C20H32N2O5. The summed E-state index contributed by atoms with van der Waals surface area (Å²) in [4.78, 5) is 39.2. The summed E-state index contributed by atoms with van der Waals surface area (Å²) >= 11 is 0. The first-order valence-corrected chi connectivity index (χ1v) is 9.74. The van der Waals surface area contributed by atoms with Crippen LogP contribution in [0.1, 0.15) is 53.4 Å². The Morgan fingerprint density at radius 3 is 2.19 bits per heavy atom. The number of amides is 2. The van der Waals surface area contributed by atoms with Crippen LogP contribution < -0.4 is 0 Å². The van der Waals surface area contributed by atoms with E-state index < -0.39 is 17.5 Å². The molecule has 0 spiro atoms. The zero-order valence-electron chi connectivity index (χ0n) is 16.9. The number of carbonyl (C=O) groups excluding carboxylic acids is 2. The predicted octanol–water partition coefficient (Wildman–Crippen LogP) is 2.90. The summed E-state index contributed by atoms with van der Waals surface area (Å²) in [6, 6.07) is 0. The molecule has 27 heavy (non-hydrogen) atoms. The van der Waals surface area contributed by atoms with E-state index in [1.165, 1.54) is 0 Å². The van der Waals surface area contributed by atoms with Gasteiger partial charge in [0.2, 0.25) is 5.91 Å². The number of carboxylic acid groups (broad SMARTS) is 1. The van der Waals surface area contributed by atoms with Crippen LogP contribution in [-0.4, -0.2) is 64.7 Å². The van der Waals surface area contributed by atoms with Crippen molar-refractivity contribution in [3.8, 4) is 0 Å². The van der Waals surface area contributed by atoms with Crippen LogP contribution in [0, 0.1) is 11.8 Å². The van der Waals surface area contributed by atoms with Crippen LogP contribution in [0.15, 0.2) is 11.6 Å². The molecule has 0 aromatic carbocycles. The van der Waals surface area contributed by atoms with Gasteiger partial charge in [0.05, 0.1) is 5.92 Å². The van der Waals surface area contributed by atoms with Crippen LogP contribution in [0.2, 0.25) is 0 Å². The van der Waals surface area contributed by atoms with Crippen molar-refractivity contribution < 1.29 is 24.2 Å². The lowest BCUT2D eigenvalue weighted by atomic mass is 9.89. The number of likely N-dealkylation sites (tertiary alicyclic amines) is 2. The van der Waals surface area contributed by atoms with E-state index in [1.807, 2.05) is 27.7 Å². The predicted molar refractivity (Wildman–Crippen MR) is 101 cm³/mol. The fourth-order valence-electron chi connectivity index (χ4n) is 3.63. The summed E-state index contributed by atoms with van der Waals surface area (Å²) in [5.41, 5.74) is 0.500. The molecule has 2 aliphatic heterocycles. The number of rotatable bonds is 3. The number of hydrogen-bond acceptors (Lipinski definition) is 4. The van der Waals surface area contributed by atoms with Crippen molar-refractivity contribution in [3.63, 3.8) is 0 Å². The van der Waals surface area contributed by atoms with Crippen molar-refractivity contribution in [2.24, 2.45) is 11.8 Å². The average molecular weight is 380 g/mol. The van der Waals surface area contributed by atoms with E-state index in [0.717, 1.165) is 24.8 Å². The topological polar surface area (TPSA) is 87.2 Å². The standard InChI is InChI=1S/C20H32N2O5/c1-14(12-17(23)22-9-5-6-16(13-22)18(24)25)15-7-10-21(11-8-15)19(26)27-20(2,3)4/h12,15-16H,5-11,13H2,1-4H3,(H,24,25)/b14-12+/t16-/m1/s1. The summed E-state index contributed by atoms with van der Waals surface area (Å²) in [5, 5.41) is 9.17. The Morgan fingerprint density at radius 2 is 1.63 bits per heavy atom. The smallest absolute Gasteiger partial charge is 0.410 e. The van der Waals surface area contributed by atoms with Crippen LogP contribution in [0.5, 0.6) is 0 Å². The summed E-state index contributed by atoms with van der Waals surface area (Å²) in [7, 11) is 0. The highest BCUT2D eigenvalue weighted by Crippen LogP contribution is 2.26. The molecule has 2 amide bonds. The molecule has 0 aliphatic carbocycles. The fourth-order valence-corrected chi connectivity index (χ4v) is 3.63. The van der Waals surface area contributed by atoms with Crippen LogP contribution in [0.25, 0.3) is 0 Å². The van der Waals surface area contributed by atoms with Crippen LogP contribution in [0.3, 0.4) is 0 Å². The monoisotopic (exact) mass is 380 g/mol. The van der Waals surface area contributed by atoms with Gasteiger partial charge in [-0.1, -0.05) is 5.57 Å². The van der Waals surface area contributed by atoms with Gasteiger partial charge in [0.15, 0.2) is 0 Å². The van der Waals surface area contributed by atoms with E-state index in [4.69, 9.17) is 9.84 Å². The van der Waals surface area contributed by atoms with Gasteiger partial charge in [-0.25, -0.2) is 4.79 Å². The number of piperidine rings is 2. The minimum atomic E-state index is -0.831. The molecular weight excluding hydrogens is 348 g/mol. The van der Waals surface area contributed by atoms with Crippen molar-refractivity contribution in [3.05, 3.63) is 11.6 Å². The van der Waals surface area contributed by atoms with Gasteiger partial charge in [0.25, 0.3) is 0 Å². The molecule has 7 nitrogen and oxygen atoms in total. The molecule has 1 N–H and O–H groups in total.